The molecule has 9 heteroatoms. The van der Waals surface area contributed by atoms with Crippen molar-refractivity contribution in [3.05, 3.63) is 111 Å². The zero-order chi connectivity index (χ0) is 24.5. The van der Waals surface area contributed by atoms with Gasteiger partial charge >= 0.3 is 0 Å². The highest BCUT2D eigenvalue weighted by atomic mass is 35.5. The SMILES string of the molecule is COc1c(C(=O)c2ccccc2)cc([N+](=O)[O-])cc1-c1cnc2cc(-c3ccc(Cl)cc3)nn2c1. The van der Waals surface area contributed by atoms with Crippen molar-refractivity contribution in [1.29, 1.82) is 0 Å². The van der Waals surface area contributed by atoms with Crippen molar-refractivity contribution in [1.82, 2.24) is 14.6 Å². The molecule has 0 radical (unpaired) electrons. The average molecular weight is 485 g/mol. The van der Waals surface area contributed by atoms with Crippen LogP contribution < -0.4 is 4.74 Å². The molecule has 0 amide bonds. The van der Waals surface area contributed by atoms with E-state index in [9.17, 15) is 14.9 Å². The number of nitro groups is 1. The molecule has 0 N–H and O–H groups in total. The van der Waals surface area contributed by atoms with E-state index >= 15 is 0 Å². The Morgan fingerprint density at radius 2 is 1.77 bits per heavy atom. The Kier molecular flexibility index (Phi) is 5.72. The summed E-state index contributed by atoms with van der Waals surface area (Å²) in [4.78, 5) is 28.9. The molecular formula is C26H17ClN4O4. The third-order valence-electron chi connectivity index (χ3n) is 5.53. The van der Waals surface area contributed by atoms with Gasteiger partial charge in [0.25, 0.3) is 5.69 Å². The van der Waals surface area contributed by atoms with Gasteiger partial charge in [0.05, 0.1) is 23.3 Å². The van der Waals surface area contributed by atoms with Gasteiger partial charge in [0.2, 0.25) is 0 Å². The first-order valence-corrected chi connectivity index (χ1v) is 10.9. The maximum atomic E-state index is 13.2. The molecule has 0 aliphatic rings. The Morgan fingerprint density at radius 3 is 2.46 bits per heavy atom. The van der Waals surface area contributed by atoms with Crippen molar-refractivity contribution in [2.24, 2.45) is 0 Å². The van der Waals surface area contributed by atoms with Crippen molar-refractivity contribution >= 4 is 28.7 Å². The minimum atomic E-state index is -0.538. The Labute approximate surface area is 204 Å². The van der Waals surface area contributed by atoms with Crippen LogP contribution in [0.15, 0.2) is 85.2 Å². The lowest BCUT2D eigenvalue weighted by Crippen LogP contribution is -2.07. The monoisotopic (exact) mass is 484 g/mol. The third kappa shape index (κ3) is 4.22. The quantitative estimate of drug-likeness (QED) is 0.170. The molecule has 3 aromatic carbocycles. The van der Waals surface area contributed by atoms with Gasteiger partial charge < -0.3 is 4.74 Å². The molecule has 172 valence electrons. The lowest BCUT2D eigenvalue weighted by Gasteiger charge is -2.13. The lowest BCUT2D eigenvalue weighted by molar-refractivity contribution is -0.384. The van der Waals surface area contributed by atoms with E-state index in [1.165, 1.54) is 19.2 Å². The molecule has 5 rings (SSSR count). The Balaban J connectivity index is 1.66. The van der Waals surface area contributed by atoms with Crippen LogP contribution in [0, 0.1) is 10.1 Å². The van der Waals surface area contributed by atoms with Crippen LogP contribution in [0.3, 0.4) is 0 Å². The van der Waals surface area contributed by atoms with Crippen molar-refractivity contribution in [3.63, 3.8) is 0 Å². The zero-order valence-electron chi connectivity index (χ0n) is 18.4. The topological polar surface area (TPSA) is 99.6 Å². The fourth-order valence-corrected chi connectivity index (χ4v) is 3.97. The summed E-state index contributed by atoms with van der Waals surface area (Å²) >= 11 is 5.98. The Hall–Kier alpha value is -4.56. The first kappa shape index (κ1) is 22.2. The van der Waals surface area contributed by atoms with E-state index in [4.69, 9.17) is 16.3 Å². The van der Waals surface area contributed by atoms with Crippen LogP contribution in [0.4, 0.5) is 5.69 Å². The van der Waals surface area contributed by atoms with E-state index < -0.39 is 4.92 Å². The molecule has 0 spiro atoms. The molecule has 0 saturated carbocycles. The van der Waals surface area contributed by atoms with Crippen LogP contribution in [0.1, 0.15) is 15.9 Å². The van der Waals surface area contributed by atoms with Gasteiger partial charge in [-0.2, -0.15) is 5.10 Å². The number of non-ortho nitro benzene ring substituents is 1. The molecule has 5 aromatic rings. The van der Waals surface area contributed by atoms with Crippen LogP contribution in [0.5, 0.6) is 5.75 Å². The van der Waals surface area contributed by atoms with E-state index in [0.717, 1.165) is 5.56 Å². The van der Waals surface area contributed by atoms with Gasteiger partial charge in [-0.15, -0.1) is 0 Å². The number of hydrogen-bond donors (Lipinski definition) is 0. The Bertz CT molecular complexity index is 1580. The molecule has 0 aliphatic carbocycles. The molecule has 0 bridgehead atoms. The number of benzene rings is 3. The normalized spacial score (nSPS) is 10.9. The molecule has 0 fully saturated rings. The minimum Gasteiger partial charge on any atom is -0.495 e. The first-order chi connectivity index (χ1) is 16.9. The number of rotatable bonds is 6. The predicted molar refractivity (Wildman–Crippen MR) is 132 cm³/mol. The number of ketones is 1. The molecule has 2 aromatic heterocycles. The first-order valence-electron chi connectivity index (χ1n) is 10.5. The second-order valence-electron chi connectivity index (χ2n) is 7.71. The van der Waals surface area contributed by atoms with Crippen molar-refractivity contribution in [2.45, 2.75) is 0 Å². The number of ether oxygens (including phenoxy) is 1. The number of hydrogen-bond acceptors (Lipinski definition) is 6. The molecule has 2 heterocycles. The van der Waals surface area contributed by atoms with E-state index in [1.54, 1.807) is 59.4 Å². The number of nitro benzene ring substituents is 1. The summed E-state index contributed by atoms with van der Waals surface area (Å²) in [6.07, 6.45) is 3.26. The van der Waals surface area contributed by atoms with Gasteiger partial charge in [-0.05, 0) is 12.1 Å². The third-order valence-corrected chi connectivity index (χ3v) is 5.79. The lowest BCUT2D eigenvalue weighted by atomic mass is 9.96. The summed E-state index contributed by atoms with van der Waals surface area (Å²) in [5, 5.41) is 16.9. The van der Waals surface area contributed by atoms with Crippen LogP contribution in [0.2, 0.25) is 5.02 Å². The van der Waals surface area contributed by atoms with E-state index in [0.29, 0.717) is 33.1 Å². The van der Waals surface area contributed by atoms with E-state index in [1.807, 2.05) is 18.2 Å². The fraction of sp³-hybridized carbons (Fsp3) is 0.0385. The summed E-state index contributed by atoms with van der Waals surface area (Å²) in [5.41, 5.74) is 3.26. The van der Waals surface area contributed by atoms with Gasteiger partial charge in [-0.1, -0.05) is 54.1 Å². The number of halogens is 1. The summed E-state index contributed by atoms with van der Waals surface area (Å²) in [5.74, 6) is -0.166. The van der Waals surface area contributed by atoms with E-state index in [2.05, 4.69) is 10.1 Å². The smallest absolute Gasteiger partial charge is 0.271 e. The Morgan fingerprint density at radius 1 is 1.03 bits per heavy atom. The zero-order valence-corrected chi connectivity index (χ0v) is 19.1. The van der Waals surface area contributed by atoms with Crippen molar-refractivity contribution in [3.8, 4) is 28.1 Å². The number of fused-ring (bicyclic) bond motifs is 1. The summed E-state index contributed by atoms with van der Waals surface area (Å²) in [7, 11) is 1.42. The second-order valence-corrected chi connectivity index (χ2v) is 8.14. The minimum absolute atomic E-state index is 0.0883. The van der Waals surface area contributed by atoms with Crippen molar-refractivity contribution in [2.75, 3.05) is 7.11 Å². The molecule has 8 nitrogen and oxygen atoms in total. The van der Waals surface area contributed by atoms with Gasteiger partial charge in [-0.25, -0.2) is 9.50 Å². The van der Waals surface area contributed by atoms with Gasteiger partial charge in [0.15, 0.2) is 11.4 Å². The summed E-state index contributed by atoms with van der Waals surface area (Å²) in [6, 6.07) is 20.2. The number of carbonyl (C=O) groups is 1. The molecule has 0 saturated heterocycles. The van der Waals surface area contributed by atoms with Crippen LogP contribution >= 0.6 is 11.6 Å². The predicted octanol–water partition coefficient (Wildman–Crippen LogP) is 5.86. The maximum absolute atomic E-state index is 13.2. The standard InChI is InChI=1S/C26H17ClN4O4/c1-35-26-21(11-20(31(33)34)12-22(26)25(32)17-5-3-2-4-6-17)18-14-28-24-13-23(29-30(24)15-18)16-7-9-19(27)10-8-16/h2-15H,1H3. The number of nitrogens with zero attached hydrogens (tertiary/aromatic N) is 4. The number of aromatic nitrogens is 3. The molecule has 0 aliphatic heterocycles. The molecule has 35 heavy (non-hydrogen) atoms. The van der Waals surface area contributed by atoms with Crippen LogP contribution in [0.25, 0.3) is 28.0 Å². The number of methoxy groups -OCH3 is 1. The second kappa shape index (κ2) is 9.00. The highest BCUT2D eigenvalue weighted by molar-refractivity contribution is 6.30. The summed E-state index contributed by atoms with van der Waals surface area (Å²) < 4.78 is 7.17. The highest BCUT2D eigenvalue weighted by Crippen LogP contribution is 2.38. The average Bonchev–Trinajstić information content (AvgIpc) is 3.31. The van der Waals surface area contributed by atoms with Crippen LogP contribution in [-0.2, 0) is 0 Å². The van der Waals surface area contributed by atoms with Crippen LogP contribution in [-0.4, -0.2) is 32.4 Å². The molecule has 0 atom stereocenters. The maximum Gasteiger partial charge on any atom is 0.271 e. The largest absolute Gasteiger partial charge is 0.495 e. The molecular weight excluding hydrogens is 468 g/mol. The van der Waals surface area contributed by atoms with Gasteiger partial charge in [0, 0.05) is 57.9 Å². The fourth-order valence-electron chi connectivity index (χ4n) is 3.84. The highest BCUT2D eigenvalue weighted by Gasteiger charge is 2.24. The van der Waals surface area contributed by atoms with E-state index in [-0.39, 0.29) is 22.8 Å². The van der Waals surface area contributed by atoms with Crippen molar-refractivity contribution < 1.29 is 14.5 Å². The number of carbonyl (C=O) groups excluding carboxylic acids is 1. The molecule has 0 unspecified atom stereocenters. The summed E-state index contributed by atoms with van der Waals surface area (Å²) in [6.45, 7) is 0. The van der Waals surface area contributed by atoms with Gasteiger partial charge in [-0.3, -0.25) is 14.9 Å². The van der Waals surface area contributed by atoms with Gasteiger partial charge in [0.1, 0.15) is 5.75 Å².